The minimum absolute atomic E-state index is 0.0372. The number of hydrogen-bond acceptors (Lipinski definition) is 4. The number of sulfone groups is 1. The summed E-state index contributed by atoms with van der Waals surface area (Å²) in [5.74, 6) is -0.395. The average molecular weight is 363 g/mol. The lowest BCUT2D eigenvalue weighted by Crippen LogP contribution is -2.26. The van der Waals surface area contributed by atoms with Gasteiger partial charge >= 0.3 is 0 Å². The first-order valence-electron chi connectivity index (χ1n) is 6.96. The summed E-state index contributed by atoms with van der Waals surface area (Å²) in [4.78, 5) is 14.0. The molecule has 0 radical (unpaired) electrons. The van der Waals surface area contributed by atoms with Crippen molar-refractivity contribution in [3.8, 4) is 6.07 Å². The minimum Gasteiger partial charge on any atom is -0.337 e. The summed E-state index contributed by atoms with van der Waals surface area (Å²) in [6.07, 6.45) is 1.07. The van der Waals surface area contributed by atoms with Crippen LogP contribution in [-0.4, -0.2) is 32.5 Å². The first-order chi connectivity index (χ1) is 11.2. The molecule has 0 unspecified atom stereocenters. The Morgan fingerprint density at radius 3 is 2.58 bits per heavy atom. The zero-order chi connectivity index (χ0) is 17.9. The van der Waals surface area contributed by atoms with Crippen LogP contribution >= 0.6 is 11.6 Å². The Hall–Kier alpha value is -2.36. The Kier molecular flexibility index (Phi) is 5.27. The number of rotatable bonds is 4. The van der Waals surface area contributed by atoms with Crippen LogP contribution in [0.5, 0.6) is 0 Å². The molecule has 5 nitrogen and oxygen atoms in total. The molecule has 1 amide bonds. The molecule has 0 saturated heterocycles. The molecule has 2 aromatic rings. The van der Waals surface area contributed by atoms with E-state index in [1.807, 2.05) is 6.07 Å². The first-order valence-corrected chi connectivity index (χ1v) is 9.23. The molecule has 2 rings (SSSR count). The molecule has 0 aromatic heterocycles. The van der Waals surface area contributed by atoms with Crippen molar-refractivity contribution in [2.24, 2.45) is 0 Å². The molecule has 7 heteroatoms. The van der Waals surface area contributed by atoms with Gasteiger partial charge in [0.15, 0.2) is 9.84 Å². The molecule has 24 heavy (non-hydrogen) atoms. The maximum atomic E-state index is 12.6. The normalized spacial score (nSPS) is 10.9. The van der Waals surface area contributed by atoms with E-state index in [4.69, 9.17) is 16.9 Å². The minimum atomic E-state index is -3.43. The fourth-order valence-electron chi connectivity index (χ4n) is 2.19. The van der Waals surface area contributed by atoms with E-state index in [-0.39, 0.29) is 22.0 Å². The third-order valence-electron chi connectivity index (χ3n) is 3.42. The van der Waals surface area contributed by atoms with Crippen LogP contribution in [0.1, 0.15) is 21.5 Å². The van der Waals surface area contributed by atoms with Crippen molar-refractivity contribution in [1.29, 1.82) is 5.26 Å². The smallest absolute Gasteiger partial charge is 0.255 e. The second-order valence-electron chi connectivity index (χ2n) is 5.39. The van der Waals surface area contributed by atoms with Gasteiger partial charge in [0.2, 0.25) is 0 Å². The summed E-state index contributed by atoms with van der Waals surface area (Å²) >= 11 is 6.05. The molecule has 0 N–H and O–H groups in total. The lowest BCUT2D eigenvalue weighted by atomic mass is 10.1. The summed E-state index contributed by atoms with van der Waals surface area (Å²) in [6.45, 7) is 0.272. The quantitative estimate of drug-likeness (QED) is 0.837. The topological polar surface area (TPSA) is 78.2 Å². The van der Waals surface area contributed by atoms with Gasteiger partial charge in [-0.05, 0) is 35.9 Å². The van der Waals surface area contributed by atoms with E-state index in [9.17, 15) is 13.2 Å². The van der Waals surface area contributed by atoms with E-state index in [2.05, 4.69) is 0 Å². The van der Waals surface area contributed by atoms with Crippen molar-refractivity contribution in [1.82, 2.24) is 4.90 Å². The van der Waals surface area contributed by atoms with Crippen molar-refractivity contribution in [3.05, 3.63) is 64.2 Å². The lowest BCUT2D eigenvalue weighted by molar-refractivity contribution is 0.0785. The van der Waals surface area contributed by atoms with Gasteiger partial charge in [0.1, 0.15) is 0 Å². The van der Waals surface area contributed by atoms with Crippen LogP contribution in [0.2, 0.25) is 5.02 Å². The molecule has 0 atom stereocenters. The highest BCUT2D eigenvalue weighted by molar-refractivity contribution is 7.90. The van der Waals surface area contributed by atoms with Gasteiger partial charge in [-0.1, -0.05) is 23.7 Å². The van der Waals surface area contributed by atoms with Crippen LogP contribution in [0.25, 0.3) is 0 Å². The predicted molar refractivity (Wildman–Crippen MR) is 91.5 cm³/mol. The van der Waals surface area contributed by atoms with Crippen LogP contribution in [-0.2, 0) is 16.4 Å². The van der Waals surface area contributed by atoms with Crippen molar-refractivity contribution in [2.45, 2.75) is 11.4 Å². The first kappa shape index (κ1) is 18.0. The molecule has 0 aliphatic rings. The Bertz CT molecular complexity index is 933. The van der Waals surface area contributed by atoms with Crippen molar-refractivity contribution in [2.75, 3.05) is 13.3 Å². The Balaban J connectivity index is 2.29. The summed E-state index contributed by atoms with van der Waals surface area (Å²) in [5, 5.41) is 9.11. The SMILES string of the molecule is CN(Cc1cccc(C#N)c1)C(=O)c1cc(S(C)(=O)=O)ccc1Cl. The fraction of sp³-hybridized carbons (Fsp3) is 0.176. The Labute approximate surface area is 146 Å². The van der Waals surface area contributed by atoms with E-state index in [1.165, 1.54) is 23.1 Å². The standard InChI is InChI=1S/C17H15ClN2O3S/c1-20(11-13-5-3-4-12(8-13)10-19)17(21)15-9-14(24(2,22)23)6-7-16(15)18/h3-9H,11H2,1-2H3. The van der Waals surface area contributed by atoms with Gasteiger partial charge in [-0.2, -0.15) is 5.26 Å². The highest BCUT2D eigenvalue weighted by Gasteiger charge is 2.18. The van der Waals surface area contributed by atoms with Gasteiger partial charge in [0, 0.05) is 19.8 Å². The van der Waals surface area contributed by atoms with Crippen molar-refractivity contribution < 1.29 is 13.2 Å². The molecule has 0 spiro atoms. The fourth-order valence-corrected chi connectivity index (χ4v) is 3.03. The monoisotopic (exact) mass is 362 g/mol. The number of halogens is 1. The highest BCUT2D eigenvalue weighted by atomic mass is 35.5. The molecular formula is C17H15ClN2O3S. The number of amides is 1. The predicted octanol–water partition coefficient (Wildman–Crippen LogP) is 2.89. The van der Waals surface area contributed by atoms with Crippen LogP contribution < -0.4 is 0 Å². The zero-order valence-electron chi connectivity index (χ0n) is 13.2. The van der Waals surface area contributed by atoms with Gasteiger partial charge in [-0.15, -0.1) is 0 Å². The second-order valence-corrected chi connectivity index (χ2v) is 7.81. The Morgan fingerprint density at radius 1 is 1.25 bits per heavy atom. The maximum Gasteiger partial charge on any atom is 0.255 e. The molecule has 124 valence electrons. The Morgan fingerprint density at radius 2 is 1.96 bits per heavy atom. The molecule has 0 bridgehead atoms. The van der Waals surface area contributed by atoms with Crippen LogP contribution in [0.4, 0.5) is 0 Å². The van der Waals surface area contributed by atoms with E-state index in [0.29, 0.717) is 5.56 Å². The van der Waals surface area contributed by atoms with Crippen LogP contribution in [0.3, 0.4) is 0 Å². The average Bonchev–Trinajstić information content (AvgIpc) is 2.53. The molecular weight excluding hydrogens is 348 g/mol. The molecule has 0 fully saturated rings. The molecule has 0 saturated carbocycles. The van der Waals surface area contributed by atoms with Crippen molar-refractivity contribution >= 4 is 27.3 Å². The number of carbonyl (C=O) groups is 1. The third-order valence-corrected chi connectivity index (χ3v) is 4.86. The number of nitrogens with zero attached hydrogens (tertiary/aromatic N) is 2. The van der Waals surface area contributed by atoms with Gasteiger partial charge in [0.25, 0.3) is 5.91 Å². The van der Waals surface area contributed by atoms with Crippen LogP contribution in [0.15, 0.2) is 47.4 Å². The van der Waals surface area contributed by atoms with Gasteiger partial charge < -0.3 is 4.90 Å². The molecule has 0 heterocycles. The van der Waals surface area contributed by atoms with E-state index in [1.54, 1.807) is 31.3 Å². The van der Waals surface area contributed by atoms with Gasteiger partial charge in [0.05, 0.1) is 27.1 Å². The zero-order valence-corrected chi connectivity index (χ0v) is 14.7. The summed E-state index contributed by atoms with van der Waals surface area (Å²) in [6, 6.07) is 13.0. The third kappa shape index (κ3) is 4.13. The lowest BCUT2D eigenvalue weighted by Gasteiger charge is -2.18. The molecule has 2 aromatic carbocycles. The van der Waals surface area contributed by atoms with Crippen LogP contribution in [0, 0.1) is 11.3 Å². The summed E-state index contributed by atoms with van der Waals surface area (Å²) in [5.41, 5.74) is 1.42. The highest BCUT2D eigenvalue weighted by Crippen LogP contribution is 2.22. The van der Waals surface area contributed by atoms with Crippen molar-refractivity contribution in [3.63, 3.8) is 0 Å². The second kappa shape index (κ2) is 7.04. The van der Waals surface area contributed by atoms with Gasteiger partial charge in [-0.3, -0.25) is 4.79 Å². The largest absolute Gasteiger partial charge is 0.337 e. The summed E-state index contributed by atoms with van der Waals surface area (Å²) in [7, 11) is -1.85. The van der Waals surface area contributed by atoms with E-state index in [0.717, 1.165) is 11.8 Å². The number of benzene rings is 2. The molecule has 0 aliphatic carbocycles. The number of nitriles is 1. The summed E-state index contributed by atoms with van der Waals surface area (Å²) < 4.78 is 23.3. The maximum absolute atomic E-state index is 12.6. The van der Waals surface area contributed by atoms with E-state index < -0.39 is 15.7 Å². The molecule has 0 aliphatic heterocycles. The number of hydrogen-bond donors (Lipinski definition) is 0. The number of carbonyl (C=O) groups excluding carboxylic acids is 1. The van der Waals surface area contributed by atoms with Gasteiger partial charge in [-0.25, -0.2) is 8.42 Å². The van der Waals surface area contributed by atoms with E-state index >= 15 is 0 Å².